The number of hydrogen-bond donors (Lipinski definition) is 5. The third-order valence-corrected chi connectivity index (χ3v) is 6.65. The molecule has 36 heavy (non-hydrogen) atoms. The number of nitrogens with two attached hydrogens (primary N) is 3. The highest BCUT2D eigenvalue weighted by atomic mass is 127. The Kier molecular flexibility index (Phi) is 11.3. The summed E-state index contributed by atoms with van der Waals surface area (Å²) in [5.41, 5.74) is 27.5. The molecule has 0 spiro atoms. The van der Waals surface area contributed by atoms with Crippen molar-refractivity contribution in [3.8, 4) is 0 Å². The second kappa shape index (κ2) is 14.4. The largest absolute Gasteiger partial charge is 0.369 e. The van der Waals surface area contributed by atoms with E-state index in [1.165, 1.54) is 5.12 Å². The lowest BCUT2D eigenvalue weighted by molar-refractivity contribution is 0.323. The van der Waals surface area contributed by atoms with E-state index < -0.39 is 0 Å². The summed E-state index contributed by atoms with van der Waals surface area (Å²) < 4.78 is 3.37. The van der Waals surface area contributed by atoms with E-state index in [0.717, 1.165) is 27.4 Å². The molecule has 0 unspecified atom stereocenters. The lowest BCUT2D eigenvalue weighted by atomic mass is 10.2. The van der Waals surface area contributed by atoms with Gasteiger partial charge in [-0.05, 0) is 121 Å². The van der Waals surface area contributed by atoms with Gasteiger partial charge in [-0.2, -0.15) is 5.12 Å². The van der Waals surface area contributed by atoms with Crippen LogP contribution in [0.25, 0.3) is 0 Å². The van der Waals surface area contributed by atoms with Gasteiger partial charge < -0.3 is 17.2 Å². The van der Waals surface area contributed by atoms with Gasteiger partial charge >= 0.3 is 0 Å². The van der Waals surface area contributed by atoms with Gasteiger partial charge in [-0.1, -0.05) is 36.4 Å². The van der Waals surface area contributed by atoms with Gasteiger partial charge in [0.05, 0.1) is 19.6 Å². The number of aliphatic imine (C=N–C) groups is 3. The van der Waals surface area contributed by atoms with Crippen molar-refractivity contribution in [3.63, 3.8) is 0 Å². The van der Waals surface area contributed by atoms with Gasteiger partial charge in [0.1, 0.15) is 0 Å². The molecule has 0 bridgehead atoms. The number of halogens is 3. The van der Waals surface area contributed by atoms with Crippen LogP contribution in [-0.2, 0) is 19.6 Å². The maximum absolute atomic E-state index is 6.28. The van der Waals surface area contributed by atoms with E-state index >= 15 is 0 Å². The summed E-state index contributed by atoms with van der Waals surface area (Å²) in [6.07, 6.45) is 0. The van der Waals surface area contributed by atoms with Crippen LogP contribution in [0.3, 0.4) is 0 Å². The average molecular weight is 821 g/mol. The molecule has 0 radical (unpaired) electrons. The van der Waals surface area contributed by atoms with Gasteiger partial charge in [-0.3, -0.25) is 0 Å². The van der Waals surface area contributed by atoms with Crippen LogP contribution in [0.5, 0.6) is 0 Å². The first-order chi connectivity index (χ1) is 17.3. The molecule has 8 N–H and O–H groups in total. The molecule has 0 heterocycles. The molecule has 0 aromatic heterocycles. The van der Waals surface area contributed by atoms with Crippen LogP contribution in [0.15, 0.2) is 87.8 Å². The SMILES string of the molecule is NC(=NCc1cccc(I)c1)NN(NC(N)=NCc1cccc(I)c1)C(N)=NCc1cccc(I)c1. The summed E-state index contributed by atoms with van der Waals surface area (Å²) in [6.45, 7) is 1.18. The molecule has 0 fully saturated rings. The van der Waals surface area contributed by atoms with Gasteiger partial charge in [0.15, 0.2) is 0 Å². The highest BCUT2D eigenvalue weighted by Crippen LogP contribution is 2.10. The minimum Gasteiger partial charge on any atom is -0.369 e. The molecule has 12 heteroatoms. The highest BCUT2D eigenvalue weighted by molar-refractivity contribution is 14.1. The molecule has 0 aliphatic carbocycles. The third-order valence-electron chi connectivity index (χ3n) is 4.64. The summed E-state index contributed by atoms with van der Waals surface area (Å²) in [5.74, 6) is 0.395. The van der Waals surface area contributed by atoms with Crippen LogP contribution < -0.4 is 28.1 Å². The second-order valence-electron chi connectivity index (χ2n) is 7.53. The zero-order chi connectivity index (χ0) is 25.9. The third kappa shape index (κ3) is 9.96. The molecule has 3 aromatic carbocycles. The standard InChI is InChI=1S/C24H26I3N9/c25-19-7-1-4-16(10-19)13-31-22(28)34-36(24(30)33-15-18-6-3-9-21(27)12-18)35-23(29)32-14-17-5-2-8-20(26)11-17/h1-12H,13-15H2,(H2,30,33)(H3,28,31,34)(H3,29,32,35). The van der Waals surface area contributed by atoms with Gasteiger partial charge in [0, 0.05) is 10.7 Å². The highest BCUT2D eigenvalue weighted by Gasteiger charge is 2.11. The van der Waals surface area contributed by atoms with Crippen LogP contribution in [-0.4, -0.2) is 23.0 Å². The van der Waals surface area contributed by atoms with Crippen molar-refractivity contribution in [2.45, 2.75) is 19.6 Å². The number of hydrazine groups is 2. The summed E-state index contributed by atoms with van der Waals surface area (Å²) >= 11 is 6.78. The molecular weight excluding hydrogens is 795 g/mol. The van der Waals surface area contributed by atoms with E-state index in [4.69, 9.17) is 17.2 Å². The Balaban J connectivity index is 1.73. The van der Waals surface area contributed by atoms with E-state index in [1.807, 2.05) is 72.8 Å². The van der Waals surface area contributed by atoms with Crippen molar-refractivity contribution in [1.82, 2.24) is 16.0 Å². The molecule has 188 valence electrons. The molecule has 3 rings (SSSR count). The topological polar surface area (TPSA) is 142 Å². The smallest absolute Gasteiger partial charge is 0.231 e. The Morgan fingerprint density at radius 3 is 1.33 bits per heavy atom. The van der Waals surface area contributed by atoms with Crippen molar-refractivity contribution in [3.05, 3.63) is 100 Å². The van der Waals surface area contributed by atoms with Gasteiger partial charge in [0.25, 0.3) is 0 Å². The van der Waals surface area contributed by atoms with Crippen LogP contribution in [0.4, 0.5) is 0 Å². The zero-order valence-corrected chi connectivity index (χ0v) is 25.7. The average Bonchev–Trinajstić information content (AvgIpc) is 2.84. The molecule has 0 amide bonds. The first kappa shape index (κ1) is 28.2. The molecule has 3 aromatic rings. The Hall–Kier alpha value is -2.34. The molecule has 9 nitrogen and oxygen atoms in total. The first-order valence-electron chi connectivity index (χ1n) is 10.7. The second-order valence-corrected chi connectivity index (χ2v) is 11.3. The van der Waals surface area contributed by atoms with Crippen molar-refractivity contribution >= 4 is 85.7 Å². The number of nitrogens with zero attached hydrogens (tertiary/aromatic N) is 4. The molecule has 0 saturated heterocycles. The number of rotatable bonds is 6. The maximum Gasteiger partial charge on any atom is 0.231 e. The fourth-order valence-electron chi connectivity index (χ4n) is 2.94. The first-order valence-corrected chi connectivity index (χ1v) is 14.0. The van der Waals surface area contributed by atoms with Gasteiger partial charge in [-0.25, -0.2) is 25.8 Å². The predicted octanol–water partition coefficient (Wildman–Crippen LogP) is 3.66. The lowest BCUT2D eigenvalue weighted by Crippen LogP contribution is -2.61. The summed E-state index contributed by atoms with van der Waals surface area (Å²) in [4.78, 5) is 13.3. The number of guanidine groups is 3. The Bertz CT molecular complexity index is 1200. The number of benzene rings is 3. The minimum absolute atomic E-state index is 0.119. The fraction of sp³-hybridized carbons (Fsp3) is 0.125. The van der Waals surface area contributed by atoms with Crippen LogP contribution in [0.1, 0.15) is 16.7 Å². The monoisotopic (exact) mass is 821 g/mol. The molecular formula is C24H26I3N9. The van der Waals surface area contributed by atoms with E-state index in [2.05, 4.69) is 93.6 Å². The molecule has 0 atom stereocenters. The van der Waals surface area contributed by atoms with Crippen LogP contribution >= 0.6 is 67.8 Å². The van der Waals surface area contributed by atoms with Crippen LogP contribution in [0, 0.1) is 10.7 Å². The van der Waals surface area contributed by atoms with E-state index in [1.54, 1.807) is 0 Å². The van der Waals surface area contributed by atoms with Crippen molar-refractivity contribution in [1.29, 1.82) is 0 Å². The maximum atomic E-state index is 6.28. The fourth-order valence-corrected chi connectivity index (χ4v) is 4.77. The van der Waals surface area contributed by atoms with Gasteiger partial charge in [-0.15, -0.1) is 0 Å². The van der Waals surface area contributed by atoms with E-state index in [9.17, 15) is 0 Å². The van der Waals surface area contributed by atoms with Crippen molar-refractivity contribution < 1.29 is 0 Å². The number of hydrogen-bond acceptors (Lipinski definition) is 3. The minimum atomic E-state index is 0.119. The molecule has 0 aliphatic heterocycles. The normalized spacial score (nSPS) is 12.4. The summed E-state index contributed by atoms with van der Waals surface area (Å²) in [6, 6.07) is 24.1. The Morgan fingerprint density at radius 2 is 0.972 bits per heavy atom. The quantitative estimate of drug-likeness (QED) is 0.111. The summed E-state index contributed by atoms with van der Waals surface area (Å²) in [7, 11) is 0. The zero-order valence-electron chi connectivity index (χ0n) is 19.2. The molecule has 0 aliphatic rings. The summed E-state index contributed by atoms with van der Waals surface area (Å²) in [5, 5.41) is 1.31. The van der Waals surface area contributed by atoms with Crippen molar-refractivity contribution in [2.75, 3.05) is 0 Å². The Labute approximate surface area is 251 Å². The van der Waals surface area contributed by atoms with Crippen LogP contribution in [0.2, 0.25) is 0 Å². The van der Waals surface area contributed by atoms with Gasteiger partial charge in [0.2, 0.25) is 17.9 Å². The van der Waals surface area contributed by atoms with E-state index in [0.29, 0.717) is 19.6 Å². The van der Waals surface area contributed by atoms with E-state index in [-0.39, 0.29) is 17.9 Å². The number of nitrogens with one attached hydrogen (secondary N) is 2. The Morgan fingerprint density at radius 1 is 0.611 bits per heavy atom. The molecule has 0 saturated carbocycles. The predicted molar refractivity (Wildman–Crippen MR) is 172 cm³/mol. The van der Waals surface area contributed by atoms with Crippen molar-refractivity contribution in [2.24, 2.45) is 32.2 Å². The lowest BCUT2D eigenvalue weighted by Gasteiger charge is -2.25.